The Labute approximate surface area is 86.8 Å². The van der Waals surface area contributed by atoms with E-state index in [0.29, 0.717) is 17.8 Å². The highest BCUT2D eigenvalue weighted by Gasteiger charge is 2.18. The Morgan fingerprint density at radius 1 is 1.07 bits per heavy atom. The van der Waals surface area contributed by atoms with Crippen molar-refractivity contribution in [2.75, 3.05) is 0 Å². The van der Waals surface area contributed by atoms with Gasteiger partial charge in [0.15, 0.2) is 0 Å². The van der Waals surface area contributed by atoms with Crippen molar-refractivity contribution in [1.82, 2.24) is 9.97 Å². The van der Waals surface area contributed by atoms with Crippen LogP contribution in [0.3, 0.4) is 0 Å². The van der Waals surface area contributed by atoms with Gasteiger partial charge < -0.3 is 0 Å². The van der Waals surface area contributed by atoms with Crippen molar-refractivity contribution in [2.24, 2.45) is 17.8 Å². The molecular weight excluding hydrogens is 172 g/mol. The van der Waals surface area contributed by atoms with Crippen molar-refractivity contribution in [3.63, 3.8) is 0 Å². The van der Waals surface area contributed by atoms with Crippen molar-refractivity contribution in [3.8, 4) is 0 Å². The zero-order valence-corrected chi connectivity index (χ0v) is 9.57. The Bertz CT molecular complexity index is 246. The third kappa shape index (κ3) is 3.09. The summed E-state index contributed by atoms with van der Waals surface area (Å²) in [4.78, 5) is 8.41. The highest BCUT2D eigenvalue weighted by molar-refractivity contribution is 4.96. The zero-order valence-electron chi connectivity index (χ0n) is 9.57. The number of nitrogens with zero attached hydrogens (tertiary/aromatic N) is 2. The minimum atomic E-state index is 0.701. The maximum absolute atomic E-state index is 4.32. The van der Waals surface area contributed by atoms with E-state index in [2.05, 4.69) is 37.7 Å². The highest BCUT2D eigenvalue weighted by atomic mass is 14.8. The Morgan fingerprint density at radius 3 is 2.14 bits per heavy atom. The lowest BCUT2D eigenvalue weighted by molar-refractivity contribution is 0.284. The number of aromatic nitrogens is 2. The van der Waals surface area contributed by atoms with Gasteiger partial charge in [-0.05, 0) is 24.2 Å². The molecule has 2 nitrogen and oxygen atoms in total. The summed E-state index contributed by atoms with van der Waals surface area (Å²) in [5.41, 5.74) is 1.11. The largest absolute Gasteiger partial charge is 0.261 e. The van der Waals surface area contributed by atoms with Crippen LogP contribution in [0, 0.1) is 17.8 Å². The molecule has 14 heavy (non-hydrogen) atoms. The molecule has 0 aliphatic carbocycles. The Balaban J connectivity index is 2.65. The second-order valence-electron chi connectivity index (χ2n) is 4.55. The Kier molecular flexibility index (Phi) is 4.05. The zero-order chi connectivity index (χ0) is 10.6. The normalized spacial score (nSPS) is 11.6. The van der Waals surface area contributed by atoms with Crippen molar-refractivity contribution >= 4 is 0 Å². The van der Waals surface area contributed by atoms with Crippen LogP contribution in [0.4, 0.5) is 0 Å². The summed E-state index contributed by atoms with van der Waals surface area (Å²) in [6.45, 7) is 9.12. The summed E-state index contributed by atoms with van der Waals surface area (Å²) in [6, 6.07) is 0. The first-order valence-corrected chi connectivity index (χ1v) is 5.36. The van der Waals surface area contributed by atoms with Gasteiger partial charge in [-0.2, -0.15) is 0 Å². The van der Waals surface area contributed by atoms with Crippen LogP contribution in [0.2, 0.25) is 0 Å². The molecule has 0 saturated carbocycles. The number of rotatable bonds is 4. The van der Waals surface area contributed by atoms with Gasteiger partial charge in [0.2, 0.25) is 0 Å². The van der Waals surface area contributed by atoms with Crippen LogP contribution in [-0.2, 0) is 6.42 Å². The smallest absolute Gasteiger partial charge is 0.0589 e. The molecule has 0 fully saturated rings. The van der Waals surface area contributed by atoms with Gasteiger partial charge in [-0.15, -0.1) is 0 Å². The lowest BCUT2D eigenvalue weighted by atomic mass is 9.82. The number of hydrogen-bond acceptors (Lipinski definition) is 2. The first-order chi connectivity index (χ1) is 6.61. The van der Waals surface area contributed by atoms with Crippen molar-refractivity contribution in [2.45, 2.75) is 34.1 Å². The average Bonchev–Trinajstić information content (AvgIpc) is 2.15. The molecule has 0 aliphatic heterocycles. The van der Waals surface area contributed by atoms with E-state index in [0.717, 1.165) is 12.1 Å². The predicted molar refractivity (Wildman–Crippen MR) is 58.9 cm³/mol. The van der Waals surface area contributed by atoms with Crippen molar-refractivity contribution in [3.05, 3.63) is 24.3 Å². The summed E-state index contributed by atoms with van der Waals surface area (Å²) in [5, 5.41) is 0. The molecule has 1 heterocycles. The van der Waals surface area contributed by atoms with Gasteiger partial charge in [0, 0.05) is 18.6 Å². The van der Waals surface area contributed by atoms with Crippen molar-refractivity contribution in [1.29, 1.82) is 0 Å². The minimum absolute atomic E-state index is 0.701. The fraction of sp³-hybridized carbons (Fsp3) is 0.667. The standard InChI is InChI=1S/C12H20N2/c1-9(2)12(10(3)4)7-11-8-13-5-6-14-11/h5-6,8-10,12H,7H2,1-4H3. The average molecular weight is 192 g/mol. The first-order valence-electron chi connectivity index (χ1n) is 5.36. The fourth-order valence-electron chi connectivity index (χ4n) is 1.92. The molecular formula is C12H20N2. The topological polar surface area (TPSA) is 25.8 Å². The van der Waals surface area contributed by atoms with E-state index in [1.807, 2.05) is 6.20 Å². The van der Waals surface area contributed by atoms with E-state index in [1.165, 1.54) is 0 Å². The van der Waals surface area contributed by atoms with Crippen molar-refractivity contribution < 1.29 is 0 Å². The summed E-state index contributed by atoms with van der Waals surface area (Å²) in [7, 11) is 0. The summed E-state index contributed by atoms with van der Waals surface area (Å²) < 4.78 is 0. The molecule has 1 rings (SSSR count). The van der Waals surface area contributed by atoms with Gasteiger partial charge in [0.05, 0.1) is 5.69 Å². The van der Waals surface area contributed by atoms with Gasteiger partial charge in [-0.3, -0.25) is 9.97 Å². The monoisotopic (exact) mass is 192 g/mol. The lowest BCUT2D eigenvalue weighted by Crippen LogP contribution is -2.18. The third-order valence-corrected chi connectivity index (χ3v) is 2.77. The molecule has 0 N–H and O–H groups in total. The van der Waals surface area contributed by atoms with E-state index >= 15 is 0 Å². The van der Waals surface area contributed by atoms with E-state index in [4.69, 9.17) is 0 Å². The van der Waals surface area contributed by atoms with Gasteiger partial charge in [0.1, 0.15) is 0 Å². The third-order valence-electron chi connectivity index (χ3n) is 2.77. The molecule has 2 heteroatoms. The van der Waals surface area contributed by atoms with E-state index in [-0.39, 0.29) is 0 Å². The van der Waals surface area contributed by atoms with Crippen LogP contribution < -0.4 is 0 Å². The first kappa shape index (κ1) is 11.2. The summed E-state index contributed by atoms with van der Waals surface area (Å²) >= 11 is 0. The van der Waals surface area contributed by atoms with Crippen LogP contribution in [-0.4, -0.2) is 9.97 Å². The molecule has 1 aromatic heterocycles. The van der Waals surface area contributed by atoms with E-state index in [1.54, 1.807) is 12.4 Å². The van der Waals surface area contributed by atoms with Gasteiger partial charge in [-0.1, -0.05) is 27.7 Å². The van der Waals surface area contributed by atoms with Gasteiger partial charge in [0.25, 0.3) is 0 Å². The molecule has 0 atom stereocenters. The molecule has 0 bridgehead atoms. The SMILES string of the molecule is CC(C)C(Cc1cnccn1)C(C)C. The predicted octanol–water partition coefficient (Wildman–Crippen LogP) is 2.95. The van der Waals surface area contributed by atoms with E-state index in [9.17, 15) is 0 Å². The molecule has 0 aromatic carbocycles. The fourth-order valence-corrected chi connectivity index (χ4v) is 1.92. The van der Waals surface area contributed by atoms with Gasteiger partial charge in [-0.25, -0.2) is 0 Å². The van der Waals surface area contributed by atoms with Crippen LogP contribution in [0.15, 0.2) is 18.6 Å². The summed E-state index contributed by atoms with van der Waals surface area (Å²) in [5.74, 6) is 2.11. The Morgan fingerprint density at radius 2 is 1.71 bits per heavy atom. The molecule has 0 aliphatic rings. The van der Waals surface area contributed by atoms with Crippen LogP contribution in [0.25, 0.3) is 0 Å². The second-order valence-corrected chi connectivity index (χ2v) is 4.55. The van der Waals surface area contributed by atoms with Gasteiger partial charge >= 0.3 is 0 Å². The minimum Gasteiger partial charge on any atom is -0.261 e. The maximum Gasteiger partial charge on any atom is 0.0589 e. The van der Waals surface area contributed by atoms with Crippen LogP contribution in [0.1, 0.15) is 33.4 Å². The second kappa shape index (κ2) is 5.08. The molecule has 0 radical (unpaired) electrons. The quantitative estimate of drug-likeness (QED) is 0.733. The molecule has 0 spiro atoms. The van der Waals surface area contributed by atoms with Crippen LogP contribution >= 0.6 is 0 Å². The molecule has 78 valence electrons. The molecule has 1 aromatic rings. The molecule has 0 saturated heterocycles. The van der Waals surface area contributed by atoms with Crippen LogP contribution in [0.5, 0.6) is 0 Å². The lowest BCUT2D eigenvalue weighted by Gasteiger charge is -2.24. The number of hydrogen-bond donors (Lipinski definition) is 0. The summed E-state index contributed by atoms with van der Waals surface area (Å²) in [6.07, 6.45) is 6.41. The molecule has 0 amide bonds. The maximum atomic E-state index is 4.32. The Hall–Kier alpha value is -0.920. The molecule has 0 unspecified atom stereocenters. The highest BCUT2D eigenvalue weighted by Crippen LogP contribution is 2.23. The van der Waals surface area contributed by atoms with E-state index < -0.39 is 0 Å².